The number of methoxy groups -OCH3 is 3. The van der Waals surface area contributed by atoms with Crippen LogP contribution < -0.4 is 4.90 Å². The molecule has 3 aliphatic heterocycles. The van der Waals surface area contributed by atoms with Gasteiger partial charge in [-0.05, 0) is 120 Å². The molecule has 1 aromatic carbocycles. The number of esters is 1. The Balaban J connectivity index is 1.32. The van der Waals surface area contributed by atoms with Crippen molar-refractivity contribution >= 4 is 40.0 Å². The predicted molar refractivity (Wildman–Crippen MR) is 257 cm³/mol. The smallest absolute Gasteiger partial charge is 0.329 e. The first-order valence-corrected chi connectivity index (χ1v) is 24.5. The zero-order valence-electron chi connectivity index (χ0n) is 41.3. The number of hydrogen-bond acceptors (Lipinski definition) is 12. The number of allylic oxidation sites excluding steroid dienone is 4. The monoisotopic (exact) mass is 932 g/mol. The molecular weight excluding hydrogens is 855 g/mol. The molecule has 14 atom stereocenters. The summed E-state index contributed by atoms with van der Waals surface area (Å²) in [6, 6.07) is 7.40. The molecule has 14 nitrogen and oxygen atoms in total. The number of aromatic amines is 1. The number of anilines is 1. The van der Waals surface area contributed by atoms with Crippen LogP contribution in [0.25, 0.3) is 10.9 Å². The van der Waals surface area contributed by atoms with Gasteiger partial charge in [-0.1, -0.05) is 44.6 Å². The number of amides is 1. The Bertz CT molecular complexity index is 2120. The molecule has 2 bridgehead atoms. The van der Waals surface area contributed by atoms with E-state index in [-0.39, 0.29) is 55.6 Å². The van der Waals surface area contributed by atoms with Crippen molar-refractivity contribution < 1.29 is 53.1 Å². The lowest BCUT2D eigenvalue weighted by atomic mass is 9.80. The second-order valence-corrected chi connectivity index (χ2v) is 20.1. The van der Waals surface area contributed by atoms with Crippen LogP contribution in [0.2, 0.25) is 0 Å². The van der Waals surface area contributed by atoms with E-state index < -0.39 is 77.8 Å². The van der Waals surface area contributed by atoms with Crippen molar-refractivity contribution in [2.45, 2.75) is 160 Å². The summed E-state index contributed by atoms with van der Waals surface area (Å²) in [7, 11) is 6.90. The molecule has 1 aliphatic carbocycles. The highest BCUT2D eigenvalue weighted by atomic mass is 16.7. The van der Waals surface area contributed by atoms with Gasteiger partial charge >= 0.3 is 5.97 Å². The Hall–Kier alpha value is -4.18. The fourth-order valence-corrected chi connectivity index (χ4v) is 11.3. The molecular formula is C53H77N3O11. The molecule has 14 unspecified atom stereocenters. The molecule has 1 amide bonds. The predicted octanol–water partition coefficient (Wildman–Crippen LogP) is 7.26. The number of H-pyrrole nitrogens is 1. The minimum atomic E-state index is -2.51. The molecule has 67 heavy (non-hydrogen) atoms. The van der Waals surface area contributed by atoms with E-state index in [0.29, 0.717) is 44.1 Å². The van der Waals surface area contributed by atoms with E-state index in [2.05, 4.69) is 60.8 Å². The van der Waals surface area contributed by atoms with E-state index >= 15 is 0 Å². The number of ether oxygens (including phenoxy) is 5. The first-order valence-electron chi connectivity index (χ1n) is 24.5. The van der Waals surface area contributed by atoms with Crippen LogP contribution in [0.15, 0.2) is 66.4 Å². The maximum atomic E-state index is 14.6. The van der Waals surface area contributed by atoms with Gasteiger partial charge in [-0.2, -0.15) is 0 Å². The zero-order valence-corrected chi connectivity index (χ0v) is 41.3. The van der Waals surface area contributed by atoms with Crippen LogP contribution in [0.5, 0.6) is 0 Å². The molecule has 6 rings (SSSR count). The Labute approximate surface area is 397 Å². The number of piperidine rings is 1. The Morgan fingerprint density at radius 3 is 2.39 bits per heavy atom. The van der Waals surface area contributed by atoms with Crippen molar-refractivity contribution in [2.75, 3.05) is 39.8 Å². The fourth-order valence-electron chi connectivity index (χ4n) is 11.3. The summed E-state index contributed by atoms with van der Waals surface area (Å²) < 4.78 is 30.7. The summed E-state index contributed by atoms with van der Waals surface area (Å²) in [4.78, 5) is 64.3. The number of hydrogen-bond donors (Lipinski definition) is 3. The number of nitrogens with zero attached hydrogens (tertiary/aromatic N) is 2. The molecule has 0 spiro atoms. The first kappa shape index (κ1) is 52.2. The van der Waals surface area contributed by atoms with Gasteiger partial charge in [-0.15, -0.1) is 6.58 Å². The minimum absolute atomic E-state index is 0.00839. The van der Waals surface area contributed by atoms with E-state index in [4.69, 9.17) is 23.7 Å². The number of aliphatic hydroxyl groups excluding tert-OH is 1. The van der Waals surface area contributed by atoms with Crippen molar-refractivity contribution in [1.82, 2.24) is 9.88 Å². The quantitative estimate of drug-likeness (QED) is 0.131. The number of Topliss-reactive ketones (excluding diaryl/α,β-unsaturated/α-hetero) is 2. The number of fused-ring (bicyclic) bond motifs is 4. The highest BCUT2D eigenvalue weighted by Gasteiger charge is 2.56. The number of aliphatic hydroxyl groups is 2. The van der Waals surface area contributed by atoms with Crippen molar-refractivity contribution in [3.05, 3.63) is 66.4 Å². The molecule has 4 heterocycles. The molecule has 4 aliphatic rings. The summed E-state index contributed by atoms with van der Waals surface area (Å²) in [5, 5.41) is 25.2. The normalized spacial score (nSPS) is 36.6. The van der Waals surface area contributed by atoms with Gasteiger partial charge in [-0.25, -0.2) is 4.79 Å². The van der Waals surface area contributed by atoms with Gasteiger partial charge in [0.25, 0.3) is 11.7 Å². The third kappa shape index (κ3) is 11.8. The topological polar surface area (TPSA) is 177 Å². The van der Waals surface area contributed by atoms with Crippen LogP contribution in [0.4, 0.5) is 5.69 Å². The molecule has 2 aromatic rings. The summed E-state index contributed by atoms with van der Waals surface area (Å²) in [5.41, 5.74) is 3.84. The number of nitrogens with one attached hydrogen (secondary N) is 1. The van der Waals surface area contributed by atoms with Gasteiger partial charge in [0.05, 0.1) is 30.5 Å². The number of benzene rings is 1. The van der Waals surface area contributed by atoms with Gasteiger partial charge in [-0.3, -0.25) is 14.4 Å². The summed E-state index contributed by atoms with van der Waals surface area (Å²) in [6.07, 6.45) is 8.53. The van der Waals surface area contributed by atoms with Crippen LogP contribution in [-0.2, 0) is 42.9 Å². The fraction of sp³-hybridized carbons (Fsp3) is 0.660. The van der Waals surface area contributed by atoms with E-state index in [1.165, 1.54) is 19.1 Å². The summed E-state index contributed by atoms with van der Waals surface area (Å²) >= 11 is 0. The molecule has 1 saturated carbocycles. The number of carbonyl (C=O) groups excluding carboxylic acids is 4. The highest BCUT2D eigenvalue weighted by molar-refractivity contribution is 6.39. The molecule has 2 saturated heterocycles. The van der Waals surface area contributed by atoms with Gasteiger partial charge in [0.1, 0.15) is 24.0 Å². The largest absolute Gasteiger partial charge is 0.456 e. The Morgan fingerprint density at radius 1 is 0.970 bits per heavy atom. The number of likely N-dealkylation sites (N-methyl/N-ethyl adjacent to an activating group) is 1. The number of cyclic esters (lactones) is 1. The van der Waals surface area contributed by atoms with Crippen LogP contribution in [0.1, 0.15) is 105 Å². The second kappa shape index (κ2) is 23.0. The highest BCUT2D eigenvalue weighted by Crippen LogP contribution is 2.40. The van der Waals surface area contributed by atoms with Crippen molar-refractivity contribution in [2.24, 2.45) is 29.6 Å². The van der Waals surface area contributed by atoms with E-state index in [1.807, 2.05) is 26.1 Å². The third-order valence-corrected chi connectivity index (χ3v) is 15.3. The maximum absolute atomic E-state index is 14.6. The second-order valence-electron chi connectivity index (χ2n) is 20.1. The van der Waals surface area contributed by atoms with Crippen molar-refractivity contribution in [3.8, 4) is 0 Å². The Morgan fingerprint density at radius 2 is 1.69 bits per heavy atom. The Kier molecular flexibility index (Phi) is 17.9. The molecule has 14 heteroatoms. The van der Waals surface area contributed by atoms with E-state index in [0.717, 1.165) is 35.0 Å². The zero-order chi connectivity index (χ0) is 48.7. The minimum Gasteiger partial charge on any atom is -0.456 e. The average molecular weight is 932 g/mol. The molecule has 3 fully saturated rings. The number of rotatable bonds is 9. The van der Waals surface area contributed by atoms with Gasteiger partial charge in [0.15, 0.2) is 0 Å². The molecule has 3 N–H and O–H groups in total. The van der Waals surface area contributed by atoms with Crippen LogP contribution in [-0.4, -0.2) is 133 Å². The number of aromatic nitrogens is 1. The number of carbonyl (C=O) groups is 4. The third-order valence-electron chi connectivity index (χ3n) is 15.3. The van der Waals surface area contributed by atoms with Crippen LogP contribution in [0.3, 0.4) is 0 Å². The van der Waals surface area contributed by atoms with Gasteiger partial charge in [0, 0.05) is 81.9 Å². The van der Waals surface area contributed by atoms with Crippen LogP contribution in [0, 0.1) is 29.6 Å². The first-order chi connectivity index (χ1) is 31.9. The lowest BCUT2D eigenvalue weighted by Crippen LogP contribution is -2.64. The van der Waals surface area contributed by atoms with Crippen LogP contribution >= 0.6 is 0 Å². The maximum Gasteiger partial charge on any atom is 0.329 e. The standard InChI is InChI=1S/C53H77N3O11/c1-11-14-38-24-31(2)23-32(3)25-46(64-9)49-47(65-10)27-34(5)53(62,67-49)50(59)51(60)56-22-13-12-15-42(56)52(61)66-48(35(6)43(57)30-44(38)58)33(4)26-36-16-19-41(45(28-36)63-8)55(7)39-17-18-40-37(29-39)20-21-54-40/h11,17-18,20-21,24,26,29,32,34-36,38,41-43,45-49,54,57,62H,1,12-16,19,22-23,25,27-28,30H2,2-10H3/b31-24+,33-26?. The number of ketones is 2. The van der Waals surface area contributed by atoms with Gasteiger partial charge < -0.3 is 48.7 Å². The van der Waals surface area contributed by atoms with E-state index in [1.54, 1.807) is 27.0 Å². The SMILES string of the molecule is C=CCC1/C=C(\C)CC(C)CC(OC)C2OC(O)(C(=O)C(=O)N3CCCCC3C(=O)OC(C(C)=CC3CCC(N(C)c4ccc5[nH]ccc5c4)C(OC)C3)C(C)C(O)CC1=O)C(C)CC2OC. The van der Waals surface area contributed by atoms with Crippen molar-refractivity contribution in [1.29, 1.82) is 0 Å². The summed E-state index contributed by atoms with van der Waals surface area (Å²) in [5.74, 6) is -7.64. The molecule has 1 aromatic heterocycles. The summed E-state index contributed by atoms with van der Waals surface area (Å²) in [6.45, 7) is 13.3. The van der Waals surface area contributed by atoms with Gasteiger partial charge in [0.2, 0.25) is 5.79 Å². The lowest BCUT2D eigenvalue weighted by Gasteiger charge is -2.47. The molecule has 0 radical (unpaired) electrons. The van der Waals surface area contributed by atoms with Crippen molar-refractivity contribution in [3.63, 3.8) is 0 Å². The van der Waals surface area contributed by atoms with E-state index in [9.17, 15) is 29.4 Å². The lowest BCUT2D eigenvalue weighted by molar-refractivity contribution is -0.302. The average Bonchev–Trinajstić information content (AvgIpc) is 3.80. The molecule has 370 valence electrons.